The Bertz CT molecular complexity index is 444. The van der Waals surface area contributed by atoms with E-state index in [1.165, 1.54) is 18.3 Å². The number of nitrogens with one attached hydrogen (secondary N) is 1. The molecule has 0 saturated carbocycles. The van der Waals surface area contributed by atoms with Crippen LogP contribution in [0.15, 0.2) is 18.3 Å². The van der Waals surface area contributed by atoms with Crippen molar-refractivity contribution in [2.45, 2.75) is 18.1 Å². The Labute approximate surface area is 103 Å². The number of rotatable bonds is 3. The summed E-state index contributed by atoms with van der Waals surface area (Å²) in [7, 11) is 0. The number of carboxylic acid groups (broad SMARTS) is 1. The maximum atomic E-state index is 11.8. The fraction of sp³-hybridized carbons (Fsp3) is 0.364. The fourth-order valence-corrected chi connectivity index (χ4v) is 2.82. The second-order valence-corrected chi connectivity index (χ2v) is 5.01. The third kappa shape index (κ3) is 2.76. The first-order chi connectivity index (χ1) is 8.18. The molecule has 1 amide bonds. The van der Waals surface area contributed by atoms with Crippen LogP contribution < -0.4 is 5.32 Å². The van der Waals surface area contributed by atoms with E-state index in [4.69, 9.17) is 5.11 Å². The van der Waals surface area contributed by atoms with Crippen molar-refractivity contribution in [2.75, 3.05) is 11.1 Å². The number of anilines is 1. The molecule has 0 aliphatic carbocycles. The van der Waals surface area contributed by atoms with E-state index in [9.17, 15) is 9.59 Å². The Morgan fingerprint density at radius 3 is 3.00 bits per heavy atom. The Morgan fingerprint density at radius 2 is 2.35 bits per heavy atom. The molecule has 1 atom stereocenters. The van der Waals surface area contributed by atoms with Gasteiger partial charge >= 0.3 is 5.97 Å². The minimum absolute atomic E-state index is 0.0175. The zero-order valence-electron chi connectivity index (χ0n) is 9.05. The van der Waals surface area contributed by atoms with Crippen molar-refractivity contribution in [3.05, 3.63) is 23.9 Å². The standard InChI is InChI=1S/C11H12N2O3S/c14-10(8-4-2-6-17-8)13-9-7(11(15)16)3-1-5-12-9/h1,3,5,8H,2,4,6H2,(H,15,16)(H,12,13,14). The molecule has 1 aliphatic heterocycles. The summed E-state index contributed by atoms with van der Waals surface area (Å²) in [6, 6.07) is 2.95. The van der Waals surface area contributed by atoms with Gasteiger partial charge in [-0.3, -0.25) is 4.79 Å². The van der Waals surface area contributed by atoms with Crippen molar-refractivity contribution in [3.63, 3.8) is 0 Å². The van der Waals surface area contributed by atoms with Crippen LogP contribution in [0.2, 0.25) is 0 Å². The third-order valence-electron chi connectivity index (χ3n) is 2.50. The van der Waals surface area contributed by atoms with Crippen LogP contribution in [0.3, 0.4) is 0 Å². The van der Waals surface area contributed by atoms with Gasteiger partial charge in [0.25, 0.3) is 0 Å². The topological polar surface area (TPSA) is 79.3 Å². The molecule has 2 N–H and O–H groups in total. The molecule has 0 spiro atoms. The van der Waals surface area contributed by atoms with Gasteiger partial charge in [-0.05, 0) is 30.7 Å². The first-order valence-corrected chi connectivity index (χ1v) is 6.34. The maximum absolute atomic E-state index is 11.8. The minimum Gasteiger partial charge on any atom is -0.478 e. The Morgan fingerprint density at radius 1 is 1.53 bits per heavy atom. The first kappa shape index (κ1) is 11.9. The number of aromatic carboxylic acids is 1. The zero-order chi connectivity index (χ0) is 12.3. The Hall–Kier alpha value is -1.56. The summed E-state index contributed by atoms with van der Waals surface area (Å²) in [6.45, 7) is 0. The lowest BCUT2D eigenvalue weighted by molar-refractivity contribution is -0.115. The molecular weight excluding hydrogens is 240 g/mol. The molecule has 0 bridgehead atoms. The molecule has 0 radical (unpaired) electrons. The number of carboxylic acids is 1. The lowest BCUT2D eigenvalue weighted by atomic mass is 10.2. The van der Waals surface area contributed by atoms with E-state index in [1.54, 1.807) is 11.8 Å². The summed E-state index contributed by atoms with van der Waals surface area (Å²) in [5, 5.41) is 11.4. The number of thioether (sulfide) groups is 1. The molecule has 5 nitrogen and oxygen atoms in total. The van der Waals surface area contributed by atoms with Crippen LogP contribution in [-0.4, -0.2) is 33.0 Å². The van der Waals surface area contributed by atoms with Crippen LogP contribution in [0.1, 0.15) is 23.2 Å². The molecule has 17 heavy (non-hydrogen) atoms. The highest BCUT2D eigenvalue weighted by atomic mass is 32.2. The summed E-state index contributed by atoms with van der Waals surface area (Å²) in [5.41, 5.74) is 0.0175. The molecule has 1 unspecified atom stereocenters. The van der Waals surface area contributed by atoms with E-state index in [0.29, 0.717) is 0 Å². The van der Waals surface area contributed by atoms with Crippen molar-refractivity contribution in [3.8, 4) is 0 Å². The molecule has 1 aromatic heterocycles. The van der Waals surface area contributed by atoms with E-state index < -0.39 is 5.97 Å². The smallest absolute Gasteiger partial charge is 0.339 e. The van der Waals surface area contributed by atoms with Crippen LogP contribution in [0.4, 0.5) is 5.82 Å². The van der Waals surface area contributed by atoms with E-state index >= 15 is 0 Å². The van der Waals surface area contributed by atoms with Crippen LogP contribution in [0.5, 0.6) is 0 Å². The molecule has 1 saturated heterocycles. The zero-order valence-corrected chi connectivity index (χ0v) is 9.87. The highest BCUT2D eigenvalue weighted by molar-refractivity contribution is 8.00. The number of carbonyl (C=O) groups is 2. The van der Waals surface area contributed by atoms with Gasteiger partial charge in [0.15, 0.2) is 0 Å². The van der Waals surface area contributed by atoms with Crippen LogP contribution in [0, 0.1) is 0 Å². The molecule has 0 aromatic carbocycles. The summed E-state index contributed by atoms with van der Waals surface area (Å²) >= 11 is 1.60. The van der Waals surface area contributed by atoms with Gasteiger partial charge in [-0.15, -0.1) is 11.8 Å². The lowest BCUT2D eigenvalue weighted by Crippen LogP contribution is -2.24. The highest BCUT2D eigenvalue weighted by Crippen LogP contribution is 2.27. The predicted molar refractivity (Wildman–Crippen MR) is 65.3 cm³/mol. The second-order valence-electron chi connectivity index (χ2n) is 3.70. The summed E-state index contributed by atoms with van der Waals surface area (Å²) in [4.78, 5) is 26.6. The van der Waals surface area contributed by atoms with Crippen LogP contribution >= 0.6 is 11.8 Å². The summed E-state index contributed by atoms with van der Waals surface area (Å²) in [5.74, 6) is -0.148. The van der Waals surface area contributed by atoms with Gasteiger partial charge in [-0.1, -0.05) is 0 Å². The van der Waals surface area contributed by atoms with Crippen molar-refractivity contribution in [1.82, 2.24) is 4.98 Å². The van der Waals surface area contributed by atoms with Crippen LogP contribution in [0.25, 0.3) is 0 Å². The third-order valence-corrected chi connectivity index (χ3v) is 3.88. The number of aromatic nitrogens is 1. The number of hydrogen-bond donors (Lipinski definition) is 2. The second kappa shape index (κ2) is 5.18. The van der Waals surface area contributed by atoms with Crippen molar-refractivity contribution in [2.24, 2.45) is 0 Å². The molecule has 2 heterocycles. The van der Waals surface area contributed by atoms with Crippen molar-refractivity contribution in [1.29, 1.82) is 0 Å². The van der Waals surface area contributed by atoms with Gasteiger partial charge in [-0.25, -0.2) is 9.78 Å². The van der Waals surface area contributed by atoms with Crippen LogP contribution in [-0.2, 0) is 4.79 Å². The van der Waals surface area contributed by atoms with E-state index in [0.717, 1.165) is 18.6 Å². The Balaban J connectivity index is 2.12. The van der Waals surface area contributed by atoms with Gasteiger partial charge in [0.1, 0.15) is 11.4 Å². The average molecular weight is 252 g/mol. The van der Waals surface area contributed by atoms with Gasteiger partial charge in [0, 0.05) is 6.20 Å². The van der Waals surface area contributed by atoms with E-state index in [1.807, 2.05) is 0 Å². The predicted octanol–water partition coefficient (Wildman–Crippen LogP) is 1.61. The van der Waals surface area contributed by atoms with E-state index in [-0.39, 0.29) is 22.5 Å². The first-order valence-electron chi connectivity index (χ1n) is 5.29. The number of carbonyl (C=O) groups excluding carboxylic acids is 1. The molecular formula is C11H12N2O3S. The molecule has 90 valence electrons. The number of pyridine rings is 1. The number of hydrogen-bond acceptors (Lipinski definition) is 4. The fourth-order valence-electron chi connectivity index (χ4n) is 1.66. The van der Waals surface area contributed by atoms with Gasteiger partial charge in [0.2, 0.25) is 5.91 Å². The minimum atomic E-state index is -1.09. The Kier molecular flexibility index (Phi) is 3.63. The summed E-state index contributed by atoms with van der Waals surface area (Å²) < 4.78 is 0. The maximum Gasteiger partial charge on any atom is 0.339 e. The van der Waals surface area contributed by atoms with Gasteiger partial charge in [0.05, 0.1) is 5.25 Å². The quantitative estimate of drug-likeness (QED) is 0.854. The van der Waals surface area contributed by atoms with Gasteiger partial charge < -0.3 is 10.4 Å². The number of amides is 1. The highest BCUT2D eigenvalue weighted by Gasteiger charge is 2.24. The monoisotopic (exact) mass is 252 g/mol. The van der Waals surface area contributed by atoms with Crippen molar-refractivity contribution >= 4 is 29.5 Å². The normalized spacial score (nSPS) is 18.9. The molecule has 1 aromatic rings. The number of nitrogens with zero attached hydrogens (tertiary/aromatic N) is 1. The lowest BCUT2D eigenvalue weighted by Gasteiger charge is -2.10. The molecule has 1 aliphatic rings. The van der Waals surface area contributed by atoms with Gasteiger partial charge in [-0.2, -0.15) is 0 Å². The molecule has 1 fully saturated rings. The SMILES string of the molecule is O=C(O)c1cccnc1NC(=O)C1CCCS1. The van der Waals surface area contributed by atoms with E-state index in [2.05, 4.69) is 10.3 Å². The summed E-state index contributed by atoms with van der Waals surface area (Å²) in [6.07, 6.45) is 3.33. The largest absolute Gasteiger partial charge is 0.478 e. The average Bonchev–Trinajstić information content (AvgIpc) is 2.83. The molecule has 2 rings (SSSR count). The van der Waals surface area contributed by atoms with Crippen molar-refractivity contribution < 1.29 is 14.7 Å². The molecule has 6 heteroatoms.